The highest BCUT2D eigenvalue weighted by molar-refractivity contribution is 6.06. The first kappa shape index (κ1) is 41.2. The van der Waals surface area contributed by atoms with Crippen molar-refractivity contribution in [2.75, 3.05) is 31.1 Å². The van der Waals surface area contributed by atoms with E-state index in [2.05, 4.69) is 45.9 Å². The summed E-state index contributed by atoms with van der Waals surface area (Å²) in [6.45, 7) is 3.80. The molecule has 4 aliphatic rings. The van der Waals surface area contributed by atoms with Gasteiger partial charge in [0.25, 0.3) is 11.8 Å². The number of carbonyl (C=O) groups is 4. The Balaban J connectivity index is 0.758. The Morgan fingerprint density at radius 1 is 0.855 bits per heavy atom. The summed E-state index contributed by atoms with van der Waals surface area (Å²) in [5.41, 5.74) is 4.45. The van der Waals surface area contributed by atoms with Crippen LogP contribution in [-0.4, -0.2) is 79.5 Å². The van der Waals surface area contributed by atoms with Crippen LogP contribution in [0, 0.1) is 35.7 Å². The van der Waals surface area contributed by atoms with Crippen molar-refractivity contribution < 1.29 is 37.5 Å². The van der Waals surface area contributed by atoms with Crippen molar-refractivity contribution in [3.8, 4) is 16.9 Å². The minimum Gasteiger partial charge on any atom is -0.503 e. The van der Waals surface area contributed by atoms with Crippen molar-refractivity contribution in [1.29, 1.82) is 0 Å². The largest absolute Gasteiger partial charge is 0.503 e. The Morgan fingerprint density at radius 3 is 2.34 bits per heavy atom. The van der Waals surface area contributed by atoms with Gasteiger partial charge in [-0.2, -0.15) is 14.6 Å². The average Bonchev–Trinajstić information content (AvgIpc) is 3.95. The Hall–Kier alpha value is -6.19. The van der Waals surface area contributed by atoms with Crippen molar-refractivity contribution in [2.45, 2.75) is 89.6 Å². The molecule has 2 aliphatic heterocycles. The fourth-order valence-electron chi connectivity index (χ4n) is 9.96. The number of aromatic hydroxyl groups is 1. The third-order valence-electron chi connectivity index (χ3n) is 13.9. The predicted octanol–water partition coefficient (Wildman–Crippen LogP) is 7.98. The quantitative estimate of drug-likeness (QED) is 0.134. The predicted molar refractivity (Wildman–Crippen MR) is 224 cm³/mol. The molecular weight excluding hydrogens is 802 g/mol. The second-order valence-corrected chi connectivity index (χ2v) is 17.6. The molecule has 0 radical (unpaired) electrons. The molecule has 5 aromatic rings. The fraction of sp³-hybridized carbons (Fsp3) is 0.435. The number of fused-ring (bicyclic) bond motifs is 1. The van der Waals surface area contributed by atoms with Gasteiger partial charge in [0.2, 0.25) is 11.7 Å². The lowest BCUT2D eigenvalue weighted by atomic mass is 9.67. The van der Waals surface area contributed by atoms with Gasteiger partial charge in [-0.1, -0.05) is 18.2 Å². The summed E-state index contributed by atoms with van der Waals surface area (Å²) in [4.78, 5) is 53.8. The normalized spacial score (nSPS) is 20.8. The van der Waals surface area contributed by atoms with Gasteiger partial charge in [0.05, 0.1) is 29.4 Å². The number of urea groups is 1. The number of anilines is 1. The van der Waals surface area contributed by atoms with Crippen LogP contribution in [0.2, 0.25) is 0 Å². The van der Waals surface area contributed by atoms with Crippen molar-refractivity contribution >= 4 is 40.3 Å². The van der Waals surface area contributed by atoms with E-state index in [-0.39, 0.29) is 48.7 Å². The van der Waals surface area contributed by atoms with Gasteiger partial charge >= 0.3 is 6.03 Å². The van der Waals surface area contributed by atoms with Crippen LogP contribution in [0.15, 0.2) is 61.1 Å². The van der Waals surface area contributed by atoms with Crippen LogP contribution in [0.4, 0.5) is 23.7 Å². The lowest BCUT2D eigenvalue weighted by molar-refractivity contribution is -0.120. The summed E-state index contributed by atoms with van der Waals surface area (Å²) in [7, 11) is 0. The number of nitrogens with one attached hydrogen (secondary N) is 2. The van der Waals surface area contributed by atoms with E-state index in [1.807, 2.05) is 34.8 Å². The molecule has 0 atom stereocenters. The molecule has 2 aromatic heterocycles. The molecule has 1 spiro atoms. The Morgan fingerprint density at radius 2 is 1.60 bits per heavy atom. The maximum atomic E-state index is 14.2. The van der Waals surface area contributed by atoms with Gasteiger partial charge in [-0.05, 0) is 118 Å². The number of amides is 5. The number of carbonyl (C=O) groups excluding carboxylic acids is 4. The van der Waals surface area contributed by atoms with Crippen molar-refractivity contribution in [2.24, 2.45) is 11.3 Å². The van der Waals surface area contributed by atoms with Crippen LogP contribution >= 0.6 is 0 Å². The number of likely N-dealkylation sites (tertiary alicyclic amines) is 1. The van der Waals surface area contributed by atoms with Gasteiger partial charge in [-0.3, -0.25) is 34.0 Å². The van der Waals surface area contributed by atoms with Crippen LogP contribution < -0.4 is 15.5 Å². The zero-order valence-electron chi connectivity index (χ0n) is 34.5. The number of piperidine rings is 1. The number of benzene rings is 3. The number of rotatable bonds is 8. The van der Waals surface area contributed by atoms with Gasteiger partial charge in [0, 0.05) is 67.2 Å². The Labute approximate surface area is 356 Å². The molecule has 16 heteroatoms. The molecule has 2 saturated carbocycles. The van der Waals surface area contributed by atoms with Crippen molar-refractivity contribution in [3.63, 3.8) is 0 Å². The molecule has 2 saturated heterocycles. The molecule has 13 nitrogen and oxygen atoms in total. The van der Waals surface area contributed by atoms with Gasteiger partial charge < -0.3 is 15.3 Å². The van der Waals surface area contributed by atoms with E-state index in [1.165, 1.54) is 4.90 Å². The molecule has 5 amide bonds. The standard InChI is InChI=1S/C46H49F3N8O5/c1-27-2-5-30(21-38(27)55-17-12-39(58)52-45(55)62)44(61)54-18-15-46(16-19-54)13-10-34(11-14-46)56-26-32(24-51-56)29-6-7-31-25-57(53-37(31)20-29)33-8-3-28(4-9-33)23-50-43(60)35-22-36(47)42(59)41(49)40(35)48/h2,5-7,20-22,24-26,28,33-34,59H,3-4,8-19,23H2,1H3,(H,50,60)(H,52,58,62). The monoisotopic (exact) mass is 850 g/mol. The number of nitrogens with zero attached hydrogens (tertiary/aromatic N) is 6. The van der Waals surface area contributed by atoms with E-state index in [0.29, 0.717) is 36.4 Å². The second-order valence-electron chi connectivity index (χ2n) is 17.6. The van der Waals surface area contributed by atoms with Crippen molar-refractivity contribution in [3.05, 3.63) is 95.2 Å². The highest BCUT2D eigenvalue weighted by atomic mass is 19.2. The summed E-state index contributed by atoms with van der Waals surface area (Å²) in [6, 6.07) is 12.2. The zero-order chi connectivity index (χ0) is 43.3. The molecular formula is C46H49F3N8O5. The highest BCUT2D eigenvalue weighted by Gasteiger charge is 2.40. The van der Waals surface area contributed by atoms with Crippen LogP contribution in [0.1, 0.15) is 109 Å². The molecule has 4 heterocycles. The number of imide groups is 1. The number of aromatic nitrogens is 4. The summed E-state index contributed by atoms with van der Waals surface area (Å²) >= 11 is 0. The number of halogens is 3. The smallest absolute Gasteiger partial charge is 0.328 e. The molecule has 2 aliphatic carbocycles. The first-order valence-electron chi connectivity index (χ1n) is 21.5. The van der Waals surface area contributed by atoms with Gasteiger partial charge in [-0.25, -0.2) is 13.6 Å². The number of aryl methyl sites for hydroxylation is 1. The summed E-state index contributed by atoms with van der Waals surface area (Å²) in [5, 5.41) is 25.0. The molecule has 9 rings (SSSR count). The maximum absolute atomic E-state index is 14.2. The molecule has 324 valence electrons. The topological polar surface area (TPSA) is 155 Å². The van der Waals surface area contributed by atoms with Crippen molar-refractivity contribution in [1.82, 2.24) is 35.1 Å². The molecule has 3 aromatic carbocycles. The van der Waals surface area contributed by atoms with Crippen LogP contribution in [0.3, 0.4) is 0 Å². The van der Waals surface area contributed by atoms with Gasteiger partial charge in [-0.15, -0.1) is 0 Å². The number of hydrogen-bond acceptors (Lipinski definition) is 7. The second kappa shape index (κ2) is 16.6. The summed E-state index contributed by atoms with van der Waals surface area (Å²) < 4.78 is 45.8. The third-order valence-corrected chi connectivity index (χ3v) is 13.9. The Bertz CT molecular complexity index is 2560. The van der Waals surface area contributed by atoms with E-state index in [9.17, 15) is 37.5 Å². The molecule has 0 bridgehead atoms. The van der Waals surface area contributed by atoms with E-state index in [1.54, 1.807) is 6.07 Å². The highest BCUT2D eigenvalue weighted by Crippen LogP contribution is 2.48. The summed E-state index contributed by atoms with van der Waals surface area (Å²) in [5.74, 6) is -7.35. The molecule has 4 fully saturated rings. The zero-order valence-corrected chi connectivity index (χ0v) is 34.5. The first-order valence-corrected chi connectivity index (χ1v) is 21.5. The van der Waals surface area contributed by atoms with E-state index in [0.717, 1.165) is 91.8 Å². The summed E-state index contributed by atoms with van der Waals surface area (Å²) in [6.07, 6.45) is 15.7. The fourth-order valence-corrected chi connectivity index (χ4v) is 9.96. The lowest BCUT2D eigenvalue weighted by Gasteiger charge is -2.46. The van der Waals surface area contributed by atoms with Crippen LogP contribution in [0.25, 0.3) is 22.0 Å². The van der Waals surface area contributed by atoms with E-state index < -0.39 is 40.7 Å². The molecule has 62 heavy (non-hydrogen) atoms. The van der Waals surface area contributed by atoms with Gasteiger partial charge in [0.15, 0.2) is 17.4 Å². The maximum Gasteiger partial charge on any atom is 0.328 e. The van der Waals surface area contributed by atoms with E-state index >= 15 is 0 Å². The minimum absolute atomic E-state index is 0.0325. The Kier molecular flexibility index (Phi) is 11.0. The average molecular weight is 851 g/mol. The van der Waals surface area contributed by atoms with E-state index in [4.69, 9.17) is 10.2 Å². The van der Waals surface area contributed by atoms with Gasteiger partial charge in [0.1, 0.15) is 0 Å². The molecule has 0 unspecified atom stereocenters. The molecule has 3 N–H and O–H groups in total. The minimum atomic E-state index is -1.78. The number of phenols is 1. The van der Waals surface area contributed by atoms with Crippen LogP contribution in [-0.2, 0) is 4.79 Å². The third kappa shape index (κ3) is 8.02. The first-order chi connectivity index (χ1) is 29.8. The lowest BCUT2D eigenvalue weighted by Crippen LogP contribution is -2.50. The van der Waals surface area contributed by atoms with Crippen LogP contribution in [0.5, 0.6) is 5.75 Å². The SMILES string of the molecule is Cc1ccc(C(=O)N2CCC3(CCC(n4cc(-c5ccc6cn(C7CCC(CNC(=O)c8cc(F)c(O)c(F)c8F)CC7)nc6c5)cn4)CC3)CC2)cc1N1CCC(=O)NC1=O. The number of hydrogen-bond donors (Lipinski definition) is 3. The number of phenolic OH excluding ortho intramolecular Hbond substituents is 1.